The van der Waals surface area contributed by atoms with Crippen LogP contribution >= 0.6 is 12.6 Å². The molecule has 0 aliphatic heterocycles. The van der Waals surface area contributed by atoms with Gasteiger partial charge in [0.1, 0.15) is 18.1 Å². The molecule has 0 aromatic heterocycles. The summed E-state index contributed by atoms with van der Waals surface area (Å²) in [6.45, 7) is 2.01. The van der Waals surface area contributed by atoms with Crippen LogP contribution in [0.1, 0.15) is 20.3 Å². The molecule has 0 aromatic rings. The summed E-state index contributed by atoms with van der Waals surface area (Å²) in [6, 6.07) is -4.98. The maximum Gasteiger partial charge on any atom is 0.328 e. The second kappa shape index (κ2) is 12.5. The molecule has 0 saturated heterocycles. The first-order chi connectivity index (χ1) is 12.6. The van der Waals surface area contributed by atoms with Gasteiger partial charge in [0.25, 0.3) is 0 Å². The van der Waals surface area contributed by atoms with Crippen LogP contribution in [0.2, 0.25) is 0 Å². The Morgan fingerprint density at radius 2 is 1.33 bits per heavy atom. The van der Waals surface area contributed by atoms with Crippen LogP contribution in [0.5, 0.6) is 0 Å². The molecule has 0 saturated carbocycles. The molecule has 0 fully saturated rings. The Hall–Kier alpha value is -1.89. The highest BCUT2D eigenvalue weighted by Gasteiger charge is 2.30. The fraction of sp³-hybridized carbons (Fsp3) is 0.733. The zero-order valence-corrected chi connectivity index (χ0v) is 16.1. The Kier molecular flexibility index (Phi) is 11.6. The van der Waals surface area contributed by atoms with Gasteiger partial charge in [-0.05, 0) is 12.3 Å². The molecule has 11 nitrogen and oxygen atoms in total. The molecule has 0 aromatic carbocycles. The highest BCUT2D eigenvalue weighted by Crippen LogP contribution is 2.06. The first-order valence-electron chi connectivity index (χ1n) is 8.29. The first-order valence-corrected chi connectivity index (χ1v) is 8.92. The van der Waals surface area contributed by atoms with Gasteiger partial charge in [-0.15, -0.1) is 0 Å². The van der Waals surface area contributed by atoms with Gasteiger partial charge in [0.2, 0.25) is 17.7 Å². The number of hydrogen-bond acceptors (Lipinski definition) is 8. The van der Waals surface area contributed by atoms with Crippen molar-refractivity contribution in [2.75, 3.05) is 19.0 Å². The Balaban J connectivity index is 5.14. The maximum absolute atomic E-state index is 12.3. The predicted molar refractivity (Wildman–Crippen MR) is 98.9 cm³/mol. The molecule has 4 atom stereocenters. The molecule has 3 amide bonds. The summed E-state index contributed by atoms with van der Waals surface area (Å²) in [5, 5.41) is 34.0. The number of carboxylic acid groups (broad SMARTS) is 1. The lowest BCUT2D eigenvalue weighted by Crippen LogP contribution is -2.58. The number of nitrogens with one attached hydrogen (secondary N) is 3. The van der Waals surface area contributed by atoms with Crippen molar-refractivity contribution >= 4 is 36.3 Å². The van der Waals surface area contributed by atoms with Gasteiger partial charge >= 0.3 is 5.97 Å². The molecule has 0 aliphatic rings. The van der Waals surface area contributed by atoms with Gasteiger partial charge in [-0.3, -0.25) is 14.4 Å². The predicted octanol–water partition coefficient (Wildman–Crippen LogP) is -3.19. The van der Waals surface area contributed by atoms with Crippen molar-refractivity contribution in [2.45, 2.75) is 44.4 Å². The highest BCUT2D eigenvalue weighted by molar-refractivity contribution is 7.80. The summed E-state index contributed by atoms with van der Waals surface area (Å²) in [5.74, 6) is -3.79. The van der Waals surface area contributed by atoms with Crippen molar-refractivity contribution < 1.29 is 34.5 Å². The van der Waals surface area contributed by atoms with Gasteiger partial charge in [0.05, 0.1) is 19.3 Å². The normalized spacial score (nSPS) is 15.4. The number of aliphatic carboxylic acids is 1. The van der Waals surface area contributed by atoms with E-state index < -0.39 is 61.1 Å². The number of aliphatic hydroxyl groups excluding tert-OH is 2. The number of carbonyl (C=O) groups excluding carboxylic acids is 3. The molecule has 0 bridgehead atoms. The number of thiol groups is 1. The van der Waals surface area contributed by atoms with E-state index in [0.29, 0.717) is 0 Å². The minimum absolute atomic E-state index is 0.0295. The molecule has 27 heavy (non-hydrogen) atoms. The standard InChI is InChI=1S/C15H28N4O7S/c1-7(2)3-9(13(23)19-11(5-21)15(25)26)17-14(24)10(4-20)18-12(22)8(16)6-27/h7-11,20-21,27H,3-6,16H2,1-2H3,(H,17,24)(H,18,22)(H,19,23)(H,25,26). The summed E-state index contributed by atoms with van der Waals surface area (Å²) in [4.78, 5) is 47.3. The van der Waals surface area contributed by atoms with Crippen LogP contribution in [0.25, 0.3) is 0 Å². The van der Waals surface area contributed by atoms with Crippen molar-refractivity contribution in [3.63, 3.8) is 0 Å². The number of carboxylic acids is 1. The molecule has 8 N–H and O–H groups in total. The van der Waals surface area contributed by atoms with Crippen LogP contribution in [0.3, 0.4) is 0 Å². The van der Waals surface area contributed by atoms with Crippen LogP contribution in [0, 0.1) is 5.92 Å². The largest absolute Gasteiger partial charge is 0.480 e. The van der Waals surface area contributed by atoms with Gasteiger partial charge in [-0.25, -0.2) is 4.79 Å². The number of rotatable bonds is 12. The fourth-order valence-corrected chi connectivity index (χ4v) is 2.15. The van der Waals surface area contributed by atoms with Crippen molar-refractivity contribution in [3.05, 3.63) is 0 Å². The van der Waals surface area contributed by atoms with Gasteiger partial charge in [-0.1, -0.05) is 13.8 Å². The van der Waals surface area contributed by atoms with Crippen molar-refractivity contribution in [3.8, 4) is 0 Å². The first kappa shape index (κ1) is 25.1. The third kappa shape index (κ3) is 9.04. The fourth-order valence-electron chi connectivity index (χ4n) is 1.99. The van der Waals surface area contributed by atoms with Gasteiger partial charge in [-0.2, -0.15) is 12.6 Å². The van der Waals surface area contributed by atoms with Crippen LogP contribution < -0.4 is 21.7 Å². The zero-order chi connectivity index (χ0) is 21.1. The Morgan fingerprint density at radius 1 is 0.889 bits per heavy atom. The van der Waals surface area contributed by atoms with E-state index in [1.54, 1.807) is 13.8 Å². The minimum atomic E-state index is -1.52. The van der Waals surface area contributed by atoms with E-state index >= 15 is 0 Å². The average molecular weight is 408 g/mol. The van der Waals surface area contributed by atoms with E-state index in [0.717, 1.165) is 0 Å². The lowest BCUT2D eigenvalue weighted by Gasteiger charge is -2.25. The van der Waals surface area contributed by atoms with E-state index in [1.807, 2.05) is 0 Å². The molecule has 0 rings (SSSR count). The van der Waals surface area contributed by atoms with E-state index in [2.05, 4.69) is 28.6 Å². The summed E-state index contributed by atoms with van der Waals surface area (Å²) in [6.07, 6.45) is 0.164. The van der Waals surface area contributed by atoms with E-state index in [9.17, 15) is 24.3 Å². The average Bonchev–Trinajstić information content (AvgIpc) is 2.61. The number of nitrogens with two attached hydrogens (primary N) is 1. The molecule has 0 aliphatic carbocycles. The van der Waals surface area contributed by atoms with Crippen LogP contribution in [0.4, 0.5) is 0 Å². The summed E-state index contributed by atoms with van der Waals surface area (Å²) >= 11 is 3.87. The smallest absolute Gasteiger partial charge is 0.328 e. The lowest BCUT2D eigenvalue weighted by molar-refractivity contribution is -0.143. The number of hydrogen-bond donors (Lipinski definition) is 8. The molecule has 0 radical (unpaired) electrons. The van der Waals surface area contributed by atoms with Gasteiger partial charge in [0.15, 0.2) is 0 Å². The number of aliphatic hydroxyl groups is 2. The van der Waals surface area contributed by atoms with E-state index in [-0.39, 0.29) is 18.1 Å². The van der Waals surface area contributed by atoms with Crippen molar-refractivity contribution in [2.24, 2.45) is 11.7 Å². The molecule has 0 spiro atoms. The number of amides is 3. The quantitative estimate of drug-likeness (QED) is 0.155. The molecule has 0 heterocycles. The molecule has 4 unspecified atom stereocenters. The molecular weight excluding hydrogens is 380 g/mol. The van der Waals surface area contributed by atoms with Crippen LogP contribution in [0.15, 0.2) is 0 Å². The van der Waals surface area contributed by atoms with Crippen molar-refractivity contribution in [1.82, 2.24) is 16.0 Å². The van der Waals surface area contributed by atoms with Gasteiger partial charge < -0.3 is 37.0 Å². The summed E-state index contributed by atoms with van der Waals surface area (Å²) in [7, 11) is 0. The van der Waals surface area contributed by atoms with E-state index in [1.165, 1.54) is 0 Å². The highest BCUT2D eigenvalue weighted by atomic mass is 32.1. The molecule has 156 valence electrons. The third-order valence-corrected chi connectivity index (χ3v) is 3.88. The number of carbonyl (C=O) groups is 4. The topological polar surface area (TPSA) is 191 Å². The van der Waals surface area contributed by atoms with E-state index in [4.69, 9.17) is 15.9 Å². The van der Waals surface area contributed by atoms with Gasteiger partial charge in [0, 0.05) is 5.75 Å². The molecule has 12 heteroatoms. The second-order valence-corrected chi connectivity index (χ2v) is 6.67. The van der Waals surface area contributed by atoms with Crippen LogP contribution in [-0.4, -0.2) is 82.1 Å². The Bertz CT molecular complexity index is 532. The lowest BCUT2D eigenvalue weighted by atomic mass is 10.0. The van der Waals surface area contributed by atoms with Crippen molar-refractivity contribution in [1.29, 1.82) is 0 Å². The summed E-state index contributed by atoms with van der Waals surface area (Å²) in [5.41, 5.74) is 5.49. The Morgan fingerprint density at radius 3 is 1.74 bits per heavy atom. The van der Waals surface area contributed by atoms with Crippen LogP contribution in [-0.2, 0) is 19.2 Å². The Labute approximate surface area is 162 Å². The minimum Gasteiger partial charge on any atom is -0.480 e. The second-order valence-electron chi connectivity index (χ2n) is 6.31. The maximum atomic E-state index is 12.3. The molecular formula is C15H28N4O7S. The monoisotopic (exact) mass is 408 g/mol. The summed E-state index contributed by atoms with van der Waals surface area (Å²) < 4.78 is 0. The zero-order valence-electron chi connectivity index (χ0n) is 15.2. The SMILES string of the molecule is CC(C)CC(NC(=O)C(CO)NC(=O)C(N)CS)C(=O)NC(CO)C(=O)O. The third-order valence-electron chi connectivity index (χ3n) is 3.49.